The molecule has 21 heavy (non-hydrogen) atoms. The van der Waals surface area contributed by atoms with Gasteiger partial charge in [-0.25, -0.2) is 17.7 Å². The summed E-state index contributed by atoms with van der Waals surface area (Å²) in [5, 5.41) is 6.25. The number of rotatable bonds is 7. The van der Waals surface area contributed by atoms with Crippen molar-refractivity contribution < 1.29 is 12.8 Å². The molecule has 1 N–H and O–H groups in total. The Morgan fingerprint density at radius 2 is 2.19 bits per heavy atom. The first-order valence-corrected chi connectivity index (χ1v) is 8.84. The molecule has 1 atom stereocenters. The minimum absolute atomic E-state index is 0.0303. The normalized spacial score (nSPS) is 13.7. The molecule has 8 heteroatoms. The molecule has 0 spiro atoms. The zero-order valence-corrected chi connectivity index (χ0v) is 13.9. The van der Waals surface area contributed by atoms with E-state index in [4.69, 9.17) is 4.42 Å². The molecule has 0 aliphatic heterocycles. The minimum Gasteiger partial charge on any atom is -0.447 e. The van der Waals surface area contributed by atoms with Crippen molar-refractivity contribution in [3.8, 4) is 0 Å². The van der Waals surface area contributed by atoms with E-state index in [2.05, 4.69) is 17.2 Å². The average molecular weight is 329 g/mol. The third-order valence-electron chi connectivity index (χ3n) is 2.99. The van der Waals surface area contributed by atoms with Gasteiger partial charge in [-0.15, -0.1) is 11.3 Å². The van der Waals surface area contributed by atoms with Gasteiger partial charge in [-0.3, -0.25) is 0 Å². The van der Waals surface area contributed by atoms with E-state index < -0.39 is 10.0 Å². The highest BCUT2D eigenvalue weighted by Gasteiger charge is 2.21. The summed E-state index contributed by atoms with van der Waals surface area (Å²) in [6.07, 6.45) is 1.79. The molecule has 116 valence electrons. The van der Waals surface area contributed by atoms with E-state index in [9.17, 15) is 8.42 Å². The molecule has 1 unspecified atom stereocenters. The second-order valence-corrected chi connectivity index (χ2v) is 7.92. The molecular formula is C13H19N3O3S2. The van der Waals surface area contributed by atoms with Crippen molar-refractivity contribution in [1.29, 1.82) is 0 Å². The summed E-state index contributed by atoms with van der Waals surface area (Å²) in [6, 6.07) is 3.16. The lowest BCUT2D eigenvalue weighted by Gasteiger charge is -2.09. The van der Waals surface area contributed by atoms with Crippen molar-refractivity contribution >= 4 is 21.4 Å². The molecule has 0 aliphatic carbocycles. The Morgan fingerprint density at radius 3 is 2.81 bits per heavy atom. The Hall–Kier alpha value is -1.22. The first-order valence-electron chi connectivity index (χ1n) is 6.52. The molecule has 0 saturated carbocycles. The minimum atomic E-state index is -3.50. The summed E-state index contributed by atoms with van der Waals surface area (Å²) in [5.41, 5.74) is 0. The van der Waals surface area contributed by atoms with Crippen LogP contribution in [0.4, 0.5) is 0 Å². The fraction of sp³-hybridized carbons (Fsp3) is 0.462. The predicted octanol–water partition coefficient (Wildman–Crippen LogP) is 1.88. The van der Waals surface area contributed by atoms with Crippen LogP contribution in [0.15, 0.2) is 33.2 Å². The van der Waals surface area contributed by atoms with E-state index >= 15 is 0 Å². The maximum absolute atomic E-state index is 11.9. The topological polar surface area (TPSA) is 75.4 Å². The highest BCUT2D eigenvalue weighted by atomic mass is 32.2. The summed E-state index contributed by atoms with van der Waals surface area (Å²) < 4.78 is 30.3. The SMILES string of the molecule is CC(CNCc1ccc(S(=O)(=O)N(C)C)o1)c1nccs1. The van der Waals surface area contributed by atoms with Gasteiger partial charge in [0.05, 0.1) is 11.6 Å². The number of hydrogen-bond donors (Lipinski definition) is 1. The van der Waals surface area contributed by atoms with E-state index in [1.807, 2.05) is 5.38 Å². The molecule has 0 radical (unpaired) electrons. The van der Waals surface area contributed by atoms with Gasteiger partial charge in [-0.2, -0.15) is 0 Å². The summed E-state index contributed by atoms with van der Waals surface area (Å²) in [6.45, 7) is 3.33. The molecule has 0 aromatic carbocycles. The van der Waals surface area contributed by atoms with Crippen molar-refractivity contribution in [1.82, 2.24) is 14.6 Å². The quantitative estimate of drug-likeness (QED) is 0.839. The van der Waals surface area contributed by atoms with Crippen molar-refractivity contribution in [2.75, 3.05) is 20.6 Å². The molecule has 2 aromatic rings. The third kappa shape index (κ3) is 3.91. The van der Waals surface area contributed by atoms with Crippen LogP contribution >= 0.6 is 11.3 Å². The molecule has 0 saturated heterocycles. The van der Waals surface area contributed by atoms with Crippen molar-refractivity contribution in [3.05, 3.63) is 34.5 Å². The summed E-state index contributed by atoms with van der Waals surface area (Å²) in [5.74, 6) is 0.909. The Balaban J connectivity index is 1.89. The van der Waals surface area contributed by atoms with Crippen LogP contribution in [0.1, 0.15) is 23.6 Å². The van der Waals surface area contributed by atoms with Gasteiger partial charge in [-0.1, -0.05) is 6.92 Å². The van der Waals surface area contributed by atoms with Gasteiger partial charge in [0.1, 0.15) is 5.76 Å². The van der Waals surface area contributed by atoms with E-state index in [-0.39, 0.29) is 5.09 Å². The number of nitrogens with one attached hydrogen (secondary N) is 1. The highest BCUT2D eigenvalue weighted by Crippen LogP contribution is 2.18. The van der Waals surface area contributed by atoms with Crippen LogP contribution in [0.2, 0.25) is 0 Å². The van der Waals surface area contributed by atoms with Gasteiger partial charge in [0.2, 0.25) is 5.09 Å². The van der Waals surface area contributed by atoms with Crippen molar-refractivity contribution in [3.63, 3.8) is 0 Å². The molecule has 0 fully saturated rings. The number of thiazole rings is 1. The number of sulfonamides is 1. The monoisotopic (exact) mass is 329 g/mol. The van der Waals surface area contributed by atoms with Gasteiger partial charge in [0.15, 0.2) is 0 Å². The van der Waals surface area contributed by atoms with Crippen LogP contribution in [0.5, 0.6) is 0 Å². The summed E-state index contributed by atoms with van der Waals surface area (Å²) in [7, 11) is -0.547. The molecule has 0 bridgehead atoms. The maximum atomic E-state index is 11.9. The van der Waals surface area contributed by atoms with Crippen molar-refractivity contribution in [2.24, 2.45) is 0 Å². The molecule has 0 aliphatic rings. The van der Waals surface area contributed by atoms with Crippen molar-refractivity contribution in [2.45, 2.75) is 24.5 Å². The number of hydrogen-bond acceptors (Lipinski definition) is 6. The van der Waals surface area contributed by atoms with E-state index in [1.54, 1.807) is 23.6 Å². The predicted molar refractivity (Wildman–Crippen MR) is 81.8 cm³/mol. The van der Waals surface area contributed by atoms with Crippen LogP contribution in [0.25, 0.3) is 0 Å². The lowest BCUT2D eigenvalue weighted by atomic mass is 10.2. The first kappa shape index (κ1) is 16.2. The largest absolute Gasteiger partial charge is 0.447 e. The number of aromatic nitrogens is 1. The van der Waals surface area contributed by atoms with Gasteiger partial charge in [-0.05, 0) is 12.1 Å². The fourth-order valence-corrected chi connectivity index (χ4v) is 3.26. The molecule has 0 amide bonds. The Labute approximate surface area is 128 Å². The number of furan rings is 1. The van der Waals surface area contributed by atoms with Gasteiger partial charge in [0, 0.05) is 38.1 Å². The second-order valence-electron chi connectivity index (χ2n) is 4.91. The Kier molecular flexibility index (Phi) is 5.15. The van der Waals surface area contributed by atoms with Crippen LogP contribution in [0.3, 0.4) is 0 Å². The van der Waals surface area contributed by atoms with Crippen LogP contribution < -0.4 is 5.32 Å². The fourth-order valence-electron chi connectivity index (χ4n) is 1.75. The van der Waals surface area contributed by atoms with E-state index in [1.165, 1.54) is 20.2 Å². The van der Waals surface area contributed by atoms with E-state index in [0.29, 0.717) is 18.2 Å². The maximum Gasteiger partial charge on any atom is 0.275 e. The smallest absolute Gasteiger partial charge is 0.275 e. The summed E-state index contributed by atoms with van der Waals surface area (Å²) in [4.78, 5) is 4.27. The Bertz CT molecular complexity index is 663. The van der Waals surface area contributed by atoms with Gasteiger partial charge < -0.3 is 9.73 Å². The van der Waals surface area contributed by atoms with Gasteiger partial charge >= 0.3 is 0 Å². The lowest BCUT2D eigenvalue weighted by Crippen LogP contribution is -2.21. The Morgan fingerprint density at radius 1 is 1.43 bits per heavy atom. The zero-order valence-electron chi connectivity index (χ0n) is 12.2. The third-order valence-corrected chi connectivity index (χ3v) is 5.69. The molecule has 2 aromatic heterocycles. The molecule has 2 heterocycles. The first-order chi connectivity index (χ1) is 9.91. The van der Waals surface area contributed by atoms with E-state index in [0.717, 1.165) is 15.9 Å². The lowest BCUT2D eigenvalue weighted by molar-refractivity contribution is 0.388. The average Bonchev–Trinajstić information content (AvgIpc) is 3.10. The summed E-state index contributed by atoms with van der Waals surface area (Å²) >= 11 is 1.63. The van der Waals surface area contributed by atoms with Crippen LogP contribution in [-0.2, 0) is 16.6 Å². The molecule has 2 rings (SSSR count). The van der Waals surface area contributed by atoms with Crippen LogP contribution in [-0.4, -0.2) is 38.3 Å². The van der Waals surface area contributed by atoms with Crippen LogP contribution in [0, 0.1) is 0 Å². The highest BCUT2D eigenvalue weighted by molar-refractivity contribution is 7.88. The molecular weight excluding hydrogens is 310 g/mol. The molecule has 6 nitrogen and oxygen atoms in total. The second kappa shape index (κ2) is 6.69. The van der Waals surface area contributed by atoms with Gasteiger partial charge in [0.25, 0.3) is 10.0 Å². The zero-order chi connectivity index (χ0) is 15.5. The number of nitrogens with zero attached hydrogens (tertiary/aromatic N) is 2. The standard InChI is InChI=1S/C13H19N3O3S2/c1-10(13-15-6-7-20-13)8-14-9-11-4-5-12(19-11)21(17,18)16(2)3/h4-7,10,14H,8-9H2,1-3H3.